The van der Waals surface area contributed by atoms with E-state index in [4.69, 9.17) is 0 Å². The minimum atomic E-state index is 0.0659. The number of hydrogen-bond acceptors (Lipinski definition) is 2. The molecular formula is C16H17N3. The SMILES string of the molecule is CC(C)(C)c1ccccc1-n1nc2ccccc2n1. The first-order chi connectivity index (χ1) is 9.05. The molecule has 0 saturated heterocycles. The van der Waals surface area contributed by atoms with Gasteiger partial charge in [-0.1, -0.05) is 51.1 Å². The molecule has 3 heteroatoms. The van der Waals surface area contributed by atoms with Crippen molar-refractivity contribution in [3.05, 3.63) is 54.1 Å². The Balaban J connectivity index is 2.22. The van der Waals surface area contributed by atoms with E-state index >= 15 is 0 Å². The number of aromatic nitrogens is 3. The lowest BCUT2D eigenvalue weighted by molar-refractivity contribution is 0.578. The zero-order chi connectivity index (χ0) is 13.5. The number of para-hydroxylation sites is 1. The first kappa shape index (κ1) is 11.9. The molecule has 0 saturated carbocycles. The van der Waals surface area contributed by atoms with Crippen molar-refractivity contribution in [3.8, 4) is 5.69 Å². The Morgan fingerprint density at radius 2 is 1.32 bits per heavy atom. The van der Waals surface area contributed by atoms with Gasteiger partial charge in [0.25, 0.3) is 0 Å². The van der Waals surface area contributed by atoms with Gasteiger partial charge in [0.1, 0.15) is 11.0 Å². The quantitative estimate of drug-likeness (QED) is 0.660. The minimum Gasteiger partial charge on any atom is -0.150 e. The van der Waals surface area contributed by atoms with Crippen molar-refractivity contribution in [2.45, 2.75) is 26.2 Å². The van der Waals surface area contributed by atoms with Gasteiger partial charge in [-0.25, -0.2) is 0 Å². The van der Waals surface area contributed by atoms with E-state index in [1.807, 2.05) is 30.3 Å². The Labute approximate surface area is 112 Å². The molecular weight excluding hydrogens is 234 g/mol. The Morgan fingerprint density at radius 1 is 0.789 bits per heavy atom. The number of hydrogen-bond donors (Lipinski definition) is 0. The second-order valence-corrected chi connectivity index (χ2v) is 5.75. The highest BCUT2D eigenvalue weighted by Crippen LogP contribution is 2.27. The molecule has 3 nitrogen and oxygen atoms in total. The third kappa shape index (κ3) is 2.12. The second-order valence-electron chi connectivity index (χ2n) is 5.75. The van der Waals surface area contributed by atoms with Crippen molar-refractivity contribution in [1.82, 2.24) is 15.0 Å². The average molecular weight is 251 g/mol. The van der Waals surface area contributed by atoms with Crippen LogP contribution in [0.2, 0.25) is 0 Å². The van der Waals surface area contributed by atoms with Crippen LogP contribution in [0, 0.1) is 0 Å². The molecule has 0 aliphatic heterocycles. The van der Waals surface area contributed by atoms with E-state index in [0.29, 0.717) is 0 Å². The molecule has 1 heterocycles. The number of nitrogens with zero attached hydrogens (tertiary/aromatic N) is 3. The first-order valence-corrected chi connectivity index (χ1v) is 6.48. The van der Waals surface area contributed by atoms with Crippen LogP contribution in [0.15, 0.2) is 48.5 Å². The van der Waals surface area contributed by atoms with Crippen LogP contribution in [0.4, 0.5) is 0 Å². The first-order valence-electron chi connectivity index (χ1n) is 6.48. The highest BCUT2D eigenvalue weighted by Gasteiger charge is 2.19. The van der Waals surface area contributed by atoms with Crippen LogP contribution in [-0.2, 0) is 5.41 Å². The molecule has 0 spiro atoms. The average Bonchev–Trinajstić information content (AvgIpc) is 2.81. The summed E-state index contributed by atoms with van der Waals surface area (Å²) in [5.74, 6) is 0. The number of benzene rings is 2. The summed E-state index contributed by atoms with van der Waals surface area (Å²) >= 11 is 0. The molecule has 0 amide bonds. The highest BCUT2D eigenvalue weighted by molar-refractivity contribution is 5.73. The molecule has 0 radical (unpaired) electrons. The molecule has 0 aliphatic carbocycles. The van der Waals surface area contributed by atoms with Crippen molar-refractivity contribution >= 4 is 11.0 Å². The number of fused-ring (bicyclic) bond motifs is 1. The molecule has 0 fully saturated rings. The summed E-state index contributed by atoms with van der Waals surface area (Å²) in [5, 5.41) is 9.13. The highest BCUT2D eigenvalue weighted by atomic mass is 15.5. The summed E-state index contributed by atoms with van der Waals surface area (Å²) in [4.78, 5) is 1.74. The third-order valence-corrected chi connectivity index (χ3v) is 3.21. The zero-order valence-corrected chi connectivity index (χ0v) is 11.5. The topological polar surface area (TPSA) is 30.7 Å². The molecule has 0 atom stereocenters. The molecule has 2 aromatic carbocycles. The lowest BCUT2D eigenvalue weighted by atomic mass is 9.86. The van der Waals surface area contributed by atoms with Gasteiger partial charge in [-0.2, -0.15) is 4.80 Å². The lowest BCUT2D eigenvalue weighted by Gasteiger charge is -2.21. The fourth-order valence-electron chi connectivity index (χ4n) is 2.25. The molecule has 0 N–H and O–H groups in total. The zero-order valence-electron chi connectivity index (χ0n) is 11.5. The molecule has 3 aromatic rings. The van der Waals surface area contributed by atoms with Gasteiger partial charge in [-0.05, 0) is 29.2 Å². The van der Waals surface area contributed by atoms with E-state index in [1.165, 1.54) is 5.56 Å². The Hall–Kier alpha value is -2.16. The summed E-state index contributed by atoms with van der Waals surface area (Å²) < 4.78 is 0. The van der Waals surface area contributed by atoms with Crippen molar-refractivity contribution in [1.29, 1.82) is 0 Å². The molecule has 0 bridgehead atoms. The fourth-order valence-corrected chi connectivity index (χ4v) is 2.25. The minimum absolute atomic E-state index is 0.0659. The van der Waals surface area contributed by atoms with Crippen LogP contribution in [-0.4, -0.2) is 15.0 Å². The van der Waals surface area contributed by atoms with E-state index in [0.717, 1.165) is 16.7 Å². The van der Waals surface area contributed by atoms with E-state index in [9.17, 15) is 0 Å². The van der Waals surface area contributed by atoms with Crippen LogP contribution in [0.1, 0.15) is 26.3 Å². The van der Waals surface area contributed by atoms with Gasteiger partial charge in [-0.15, -0.1) is 10.2 Å². The van der Waals surface area contributed by atoms with E-state index in [1.54, 1.807) is 4.80 Å². The maximum Gasteiger partial charge on any atom is 0.113 e. The van der Waals surface area contributed by atoms with Crippen LogP contribution in [0.25, 0.3) is 16.7 Å². The van der Waals surface area contributed by atoms with Crippen LogP contribution in [0.3, 0.4) is 0 Å². The lowest BCUT2D eigenvalue weighted by Crippen LogP contribution is -2.16. The van der Waals surface area contributed by atoms with Gasteiger partial charge in [0.15, 0.2) is 0 Å². The van der Waals surface area contributed by atoms with Gasteiger partial charge in [0, 0.05) is 0 Å². The smallest absolute Gasteiger partial charge is 0.113 e. The summed E-state index contributed by atoms with van der Waals surface area (Å²) in [6.07, 6.45) is 0. The fraction of sp³-hybridized carbons (Fsp3) is 0.250. The van der Waals surface area contributed by atoms with Crippen LogP contribution >= 0.6 is 0 Å². The second kappa shape index (κ2) is 4.19. The normalized spacial score (nSPS) is 11.9. The van der Waals surface area contributed by atoms with Gasteiger partial charge >= 0.3 is 0 Å². The summed E-state index contributed by atoms with van der Waals surface area (Å²) in [6, 6.07) is 16.2. The van der Waals surface area contributed by atoms with Crippen molar-refractivity contribution in [2.75, 3.05) is 0 Å². The van der Waals surface area contributed by atoms with Gasteiger partial charge in [-0.3, -0.25) is 0 Å². The summed E-state index contributed by atoms with van der Waals surface area (Å²) in [7, 11) is 0. The van der Waals surface area contributed by atoms with Gasteiger partial charge in [0.05, 0.1) is 5.69 Å². The molecule has 1 aromatic heterocycles. The molecule has 96 valence electrons. The van der Waals surface area contributed by atoms with Gasteiger partial charge in [0.2, 0.25) is 0 Å². The van der Waals surface area contributed by atoms with E-state index in [-0.39, 0.29) is 5.41 Å². The predicted molar refractivity (Wildman–Crippen MR) is 77.6 cm³/mol. The molecule has 19 heavy (non-hydrogen) atoms. The van der Waals surface area contributed by atoms with Crippen molar-refractivity contribution in [3.63, 3.8) is 0 Å². The van der Waals surface area contributed by atoms with E-state index < -0.39 is 0 Å². The van der Waals surface area contributed by atoms with Gasteiger partial charge < -0.3 is 0 Å². The van der Waals surface area contributed by atoms with Crippen LogP contribution < -0.4 is 0 Å². The Morgan fingerprint density at radius 3 is 1.89 bits per heavy atom. The number of rotatable bonds is 1. The van der Waals surface area contributed by atoms with Crippen molar-refractivity contribution in [2.24, 2.45) is 0 Å². The summed E-state index contributed by atoms with van der Waals surface area (Å²) in [6.45, 7) is 6.61. The maximum atomic E-state index is 4.56. The van der Waals surface area contributed by atoms with Crippen molar-refractivity contribution < 1.29 is 0 Å². The summed E-state index contributed by atoms with van der Waals surface area (Å²) in [5.41, 5.74) is 4.20. The maximum absolute atomic E-state index is 4.56. The molecule has 0 aliphatic rings. The Bertz CT molecular complexity index is 687. The largest absolute Gasteiger partial charge is 0.150 e. The molecule has 3 rings (SSSR count). The standard InChI is InChI=1S/C16H17N3/c1-16(2,3)12-8-4-7-11-15(12)19-17-13-9-5-6-10-14(13)18-19/h4-11H,1-3H3. The van der Waals surface area contributed by atoms with Crippen LogP contribution in [0.5, 0.6) is 0 Å². The Kier molecular flexibility index (Phi) is 2.63. The monoisotopic (exact) mass is 251 g/mol. The third-order valence-electron chi connectivity index (χ3n) is 3.21. The molecule has 0 unspecified atom stereocenters. The van der Waals surface area contributed by atoms with E-state index in [2.05, 4.69) is 49.2 Å². The predicted octanol–water partition coefficient (Wildman–Crippen LogP) is 3.72.